The number of benzene rings is 1. The van der Waals surface area contributed by atoms with Crippen LogP contribution < -0.4 is 10.2 Å². The molecule has 0 unspecified atom stereocenters. The Bertz CT molecular complexity index is 343. The second-order valence-electron chi connectivity index (χ2n) is 4.06. The SMILES string of the molecule is C=C(C)c1ccc(N2CCNCC2)cc1.Cl.Cl. The summed E-state index contributed by atoms with van der Waals surface area (Å²) in [6.07, 6.45) is 0. The molecule has 0 atom stereocenters. The molecule has 1 heterocycles. The highest BCUT2D eigenvalue weighted by molar-refractivity contribution is 5.85. The van der Waals surface area contributed by atoms with Gasteiger partial charge in [-0.2, -0.15) is 0 Å². The molecular formula is C13H20Cl2N2. The van der Waals surface area contributed by atoms with Crippen LogP contribution in [-0.4, -0.2) is 26.2 Å². The number of nitrogens with zero attached hydrogens (tertiary/aromatic N) is 1. The minimum atomic E-state index is 0. The molecular weight excluding hydrogens is 255 g/mol. The van der Waals surface area contributed by atoms with Crippen LogP contribution in [0.1, 0.15) is 12.5 Å². The van der Waals surface area contributed by atoms with Gasteiger partial charge in [0.05, 0.1) is 0 Å². The lowest BCUT2D eigenvalue weighted by Gasteiger charge is -2.29. The van der Waals surface area contributed by atoms with E-state index in [4.69, 9.17) is 0 Å². The highest BCUT2D eigenvalue weighted by atomic mass is 35.5. The minimum Gasteiger partial charge on any atom is -0.369 e. The first-order chi connectivity index (χ1) is 7.27. The van der Waals surface area contributed by atoms with E-state index in [-0.39, 0.29) is 24.8 Å². The summed E-state index contributed by atoms with van der Waals surface area (Å²) in [6.45, 7) is 10.4. The van der Waals surface area contributed by atoms with E-state index in [1.54, 1.807) is 0 Å². The zero-order valence-electron chi connectivity index (χ0n) is 10.1. The lowest BCUT2D eigenvalue weighted by molar-refractivity contribution is 0.589. The van der Waals surface area contributed by atoms with Gasteiger partial charge in [0, 0.05) is 31.9 Å². The topological polar surface area (TPSA) is 15.3 Å². The van der Waals surface area contributed by atoms with Gasteiger partial charge < -0.3 is 10.2 Å². The Morgan fingerprint density at radius 2 is 1.65 bits per heavy atom. The van der Waals surface area contributed by atoms with Crippen molar-refractivity contribution in [3.05, 3.63) is 36.4 Å². The third kappa shape index (κ3) is 4.23. The molecule has 96 valence electrons. The van der Waals surface area contributed by atoms with Gasteiger partial charge in [0.25, 0.3) is 0 Å². The van der Waals surface area contributed by atoms with Gasteiger partial charge >= 0.3 is 0 Å². The first kappa shape index (κ1) is 16.3. The summed E-state index contributed by atoms with van der Waals surface area (Å²) in [5.74, 6) is 0. The Kier molecular flexibility index (Phi) is 7.28. The van der Waals surface area contributed by atoms with Crippen LogP contribution in [-0.2, 0) is 0 Å². The Hall–Kier alpha value is -0.700. The third-order valence-electron chi connectivity index (χ3n) is 2.84. The van der Waals surface area contributed by atoms with E-state index in [1.807, 2.05) is 6.92 Å². The maximum absolute atomic E-state index is 3.94. The van der Waals surface area contributed by atoms with E-state index < -0.39 is 0 Å². The second kappa shape index (κ2) is 7.59. The van der Waals surface area contributed by atoms with Gasteiger partial charge in [0.1, 0.15) is 0 Å². The van der Waals surface area contributed by atoms with Crippen molar-refractivity contribution in [3.63, 3.8) is 0 Å². The van der Waals surface area contributed by atoms with Crippen LogP contribution in [0.15, 0.2) is 30.8 Å². The van der Waals surface area contributed by atoms with E-state index in [0.717, 1.165) is 31.8 Å². The van der Waals surface area contributed by atoms with E-state index in [9.17, 15) is 0 Å². The molecule has 0 aromatic heterocycles. The number of nitrogens with one attached hydrogen (secondary N) is 1. The van der Waals surface area contributed by atoms with Crippen LogP contribution >= 0.6 is 24.8 Å². The third-order valence-corrected chi connectivity index (χ3v) is 2.84. The Labute approximate surface area is 116 Å². The molecule has 1 aromatic rings. The molecule has 1 aliphatic heterocycles. The van der Waals surface area contributed by atoms with Gasteiger partial charge in [-0.1, -0.05) is 24.3 Å². The average molecular weight is 275 g/mol. The number of hydrogen-bond donors (Lipinski definition) is 1. The highest BCUT2D eigenvalue weighted by Crippen LogP contribution is 2.18. The number of allylic oxidation sites excluding steroid dienone is 1. The molecule has 1 saturated heterocycles. The fourth-order valence-electron chi connectivity index (χ4n) is 1.88. The molecule has 0 saturated carbocycles. The predicted molar refractivity (Wildman–Crippen MR) is 80.7 cm³/mol. The van der Waals surface area contributed by atoms with Gasteiger partial charge in [-0.25, -0.2) is 0 Å². The zero-order valence-corrected chi connectivity index (χ0v) is 11.7. The molecule has 4 heteroatoms. The van der Waals surface area contributed by atoms with Gasteiger partial charge in [0.2, 0.25) is 0 Å². The fourth-order valence-corrected chi connectivity index (χ4v) is 1.88. The quantitative estimate of drug-likeness (QED) is 0.892. The van der Waals surface area contributed by atoms with E-state index in [1.165, 1.54) is 11.3 Å². The van der Waals surface area contributed by atoms with E-state index in [2.05, 4.69) is 41.1 Å². The average Bonchev–Trinajstić information content (AvgIpc) is 2.30. The summed E-state index contributed by atoms with van der Waals surface area (Å²) in [5, 5.41) is 3.36. The molecule has 0 aliphatic carbocycles. The lowest BCUT2D eigenvalue weighted by Crippen LogP contribution is -2.43. The van der Waals surface area contributed by atoms with Crippen molar-refractivity contribution in [2.45, 2.75) is 6.92 Å². The normalized spacial score (nSPS) is 14.5. The predicted octanol–water partition coefficient (Wildman–Crippen LogP) is 2.97. The summed E-state index contributed by atoms with van der Waals surface area (Å²) in [5.41, 5.74) is 3.68. The second-order valence-corrected chi connectivity index (χ2v) is 4.06. The Balaban J connectivity index is 0.00000128. The van der Waals surface area contributed by atoms with Crippen molar-refractivity contribution in [1.29, 1.82) is 0 Å². The van der Waals surface area contributed by atoms with Crippen LogP contribution in [0.3, 0.4) is 0 Å². The molecule has 1 N–H and O–H groups in total. The molecule has 1 aromatic carbocycles. The maximum atomic E-state index is 3.94. The van der Waals surface area contributed by atoms with Crippen LogP contribution in [0.25, 0.3) is 5.57 Å². The molecule has 2 nitrogen and oxygen atoms in total. The van der Waals surface area contributed by atoms with Crippen LogP contribution in [0.4, 0.5) is 5.69 Å². The number of piperazine rings is 1. The van der Waals surface area contributed by atoms with Crippen molar-refractivity contribution >= 4 is 36.1 Å². The smallest absolute Gasteiger partial charge is 0.0367 e. The molecule has 17 heavy (non-hydrogen) atoms. The first-order valence-corrected chi connectivity index (χ1v) is 5.49. The van der Waals surface area contributed by atoms with Crippen molar-refractivity contribution in [2.75, 3.05) is 31.1 Å². The van der Waals surface area contributed by atoms with Crippen molar-refractivity contribution in [1.82, 2.24) is 5.32 Å². The summed E-state index contributed by atoms with van der Waals surface area (Å²) >= 11 is 0. The van der Waals surface area contributed by atoms with E-state index >= 15 is 0 Å². The summed E-state index contributed by atoms with van der Waals surface area (Å²) < 4.78 is 0. The van der Waals surface area contributed by atoms with Gasteiger partial charge in [0.15, 0.2) is 0 Å². The van der Waals surface area contributed by atoms with Crippen molar-refractivity contribution < 1.29 is 0 Å². The maximum Gasteiger partial charge on any atom is 0.0367 e. The molecule has 0 spiro atoms. The first-order valence-electron chi connectivity index (χ1n) is 5.49. The number of anilines is 1. The molecule has 0 bridgehead atoms. The fraction of sp³-hybridized carbons (Fsp3) is 0.385. The monoisotopic (exact) mass is 274 g/mol. The lowest BCUT2D eigenvalue weighted by atomic mass is 10.1. The minimum absolute atomic E-state index is 0. The Morgan fingerprint density at radius 1 is 1.12 bits per heavy atom. The van der Waals surface area contributed by atoms with Crippen LogP contribution in [0.2, 0.25) is 0 Å². The molecule has 2 rings (SSSR count). The Morgan fingerprint density at radius 3 is 2.12 bits per heavy atom. The molecule has 0 radical (unpaired) electrons. The van der Waals surface area contributed by atoms with Gasteiger partial charge in [-0.15, -0.1) is 24.8 Å². The number of hydrogen-bond acceptors (Lipinski definition) is 2. The van der Waals surface area contributed by atoms with Crippen LogP contribution in [0.5, 0.6) is 0 Å². The number of rotatable bonds is 2. The summed E-state index contributed by atoms with van der Waals surface area (Å²) in [4.78, 5) is 2.42. The zero-order chi connectivity index (χ0) is 10.7. The van der Waals surface area contributed by atoms with E-state index in [0.29, 0.717) is 0 Å². The van der Waals surface area contributed by atoms with Gasteiger partial charge in [-0.05, 0) is 24.6 Å². The standard InChI is InChI=1S/C13H18N2.2ClH/c1-11(2)12-3-5-13(6-4-12)15-9-7-14-8-10-15;;/h3-6,14H,1,7-10H2,2H3;2*1H. The molecule has 1 fully saturated rings. The number of halogens is 2. The summed E-state index contributed by atoms with van der Waals surface area (Å²) in [7, 11) is 0. The van der Waals surface area contributed by atoms with Crippen molar-refractivity contribution in [3.8, 4) is 0 Å². The summed E-state index contributed by atoms with van der Waals surface area (Å²) in [6, 6.07) is 8.68. The molecule has 0 amide bonds. The van der Waals surface area contributed by atoms with Crippen molar-refractivity contribution in [2.24, 2.45) is 0 Å². The van der Waals surface area contributed by atoms with Gasteiger partial charge in [-0.3, -0.25) is 0 Å². The largest absolute Gasteiger partial charge is 0.369 e. The highest BCUT2D eigenvalue weighted by Gasteiger charge is 2.09. The van der Waals surface area contributed by atoms with Crippen LogP contribution in [0, 0.1) is 0 Å². The molecule has 1 aliphatic rings.